The number of carboxylic acid groups (broad SMARTS) is 1. The van der Waals surface area contributed by atoms with E-state index in [0.29, 0.717) is 37.2 Å². The minimum atomic E-state index is -0.953. The minimum absolute atomic E-state index is 0.0231. The molecular weight excluding hydrogens is 512 g/mol. The number of carboxylic acids is 1. The van der Waals surface area contributed by atoms with E-state index in [1.54, 1.807) is 12.1 Å². The fraction of sp³-hybridized carbons (Fsp3) is 0.229. The highest BCUT2D eigenvalue weighted by atomic mass is 16.4. The molecule has 1 aliphatic heterocycles. The van der Waals surface area contributed by atoms with Crippen LogP contribution in [0.2, 0.25) is 0 Å². The smallest absolute Gasteiger partial charge is 0.335 e. The van der Waals surface area contributed by atoms with Crippen molar-refractivity contribution in [3.63, 3.8) is 0 Å². The Morgan fingerprint density at radius 3 is 2.32 bits per heavy atom. The number of amides is 2. The van der Waals surface area contributed by atoms with E-state index < -0.39 is 5.97 Å². The lowest BCUT2D eigenvalue weighted by Gasteiger charge is -2.32. The summed E-state index contributed by atoms with van der Waals surface area (Å²) in [7, 11) is 0. The van der Waals surface area contributed by atoms with Gasteiger partial charge in [0, 0.05) is 31.1 Å². The lowest BCUT2D eigenvalue weighted by Crippen LogP contribution is -2.37. The normalized spacial score (nSPS) is 17.4. The first-order valence-electron chi connectivity index (χ1n) is 14.1. The van der Waals surface area contributed by atoms with Crippen molar-refractivity contribution in [1.29, 1.82) is 0 Å². The van der Waals surface area contributed by atoms with Gasteiger partial charge in [-0.05, 0) is 82.8 Å². The van der Waals surface area contributed by atoms with E-state index in [1.165, 1.54) is 5.56 Å². The molecule has 4 aromatic carbocycles. The number of nitrogens with zero attached hydrogens (tertiary/aromatic N) is 1. The Kier molecular flexibility index (Phi) is 7.14. The first-order valence-corrected chi connectivity index (χ1v) is 14.1. The Morgan fingerprint density at radius 1 is 0.854 bits per heavy atom. The van der Waals surface area contributed by atoms with Crippen LogP contribution in [-0.2, 0) is 24.3 Å². The van der Waals surface area contributed by atoms with Crippen LogP contribution in [0.5, 0.6) is 0 Å². The quantitative estimate of drug-likeness (QED) is 0.300. The zero-order valence-electron chi connectivity index (χ0n) is 23.0. The number of rotatable bonds is 7. The van der Waals surface area contributed by atoms with Crippen molar-refractivity contribution in [1.82, 2.24) is 10.2 Å². The van der Waals surface area contributed by atoms with Crippen LogP contribution in [0.25, 0.3) is 11.1 Å². The minimum Gasteiger partial charge on any atom is -0.478 e. The maximum Gasteiger partial charge on any atom is 0.335 e. The third kappa shape index (κ3) is 5.25. The van der Waals surface area contributed by atoms with Gasteiger partial charge in [0.15, 0.2) is 0 Å². The number of benzene rings is 4. The van der Waals surface area contributed by atoms with Gasteiger partial charge in [-0.1, -0.05) is 72.8 Å². The highest BCUT2D eigenvalue weighted by Crippen LogP contribution is 2.47. The molecule has 41 heavy (non-hydrogen) atoms. The van der Waals surface area contributed by atoms with Crippen LogP contribution in [0.4, 0.5) is 0 Å². The van der Waals surface area contributed by atoms with Gasteiger partial charge >= 0.3 is 5.97 Å². The highest BCUT2D eigenvalue weighted by Gasteiger charge is 2.43. The molecule has 0 radical (unpaired) electrons. The molecule has 1 fully saturated rings. The number of aromatic carboxylic acids is 1. The third-order valence-electron chi connectivity index (χ3n) is 8.48. The molecule has 6 nitrogen and oxygen atoms in total. The van der Waals surface area contributed by atoms with E-state index in [0.717, 1.165) is 34.2 Å². The monoisotopic (exact) mass is 544 g/mol. The van der Waals surface area contributed by atoms with Crippen molar-refractivity contribution in [2.45, 2.75) is 38.8 Å². The maximum atomic E-state index is 13.4. The Morgan fingerprint density at radius 2 is 1.59 bits per heavy atom. The van der Waals surface area contributed by atoms with Gasteiger partial charge in [-0.3, -0.25) is 9.59 Å². The molecule has 2 aliphatic rings. The van der Waals surface area contributed by atoms with Crippen LogP contribution in [0, 0.1) is 12.8 Å². The van der Waals surface area contributed by atoms with Gasteiger partial charge in [-0.15, -0.1) is 0 Å². The van der Waals surface area contributed by atoms with Crippen molar-refractivity contribution >= 4 is 17.8 Å². The van der Waals surface area contributed by atoms with Gasteiger partial charge in [0.1, 0.15) is 0 Å². The van der Waals surface area contributed by atoms with Crippen LogP contribution in [-0.4, -0.2) is 34.3 Å². The molecule has 206 valence electrons. The third-order valence-corrected chi connectivity index (χ3v) is 8.48. The van der Waals surface area contributed by atoms with Crippen molar-refractivity contribution in [2.24, 2.45) is 5.92 Å². The van der Waals surface area contributed by atoms with Gasteiger partial charge in [-0.25, -0.2) is 4.79 Å². The van der Waals surface area contributed by atoms with Crippen LogP contribution in [0.3, 0.4) is 0 Å². The van der Waals surface area contributed by atoms with E-state index in [9.17, 15) is 19.5 Å². The largest absolute Gasteiger partial charge is 0.478 e. The number of hydrogen-bond donors (Lipinski definition) is 2. The van der Waals surface area contributed by atoms with Gasteiger partial charge in [-0.2, -0.15) is 0 Å². The zero-order valence-corrected chi connectivity index (χ0v) is 23.0. The molecule has 4 aromatic rings. The average Bonchev–Trinajstić information content (AvgIpc) is 3.81. The van der Waals surface area contributed by atoms with E-state index >= 15 is 0 Å². The van der Waals surface area contributed by atoms with E-state index in [2.05, 4.69) is 17.4 Å². The topological polar surface area (TPSA) is 86.7 Å². The van der Waals surface area contributed by atoms with Crippen molar-refractivity contribution in [2.75, 3.05) is 6.54 Å². The molecule has 1 saturated carbocycles. The summed E-state index contributed by atoms with van der Waals surface area (Å²) in [6.07, 6.45) is 1.49. The predicted molar refractivity (Wildman–Crippen MR) is 158 cm³/mol. The van der Waals surface area contributed by atoms with Crippen LogP contribution >= 0.6 is 0 Å². The van der Waals surface area contributed by atoms with Crippen molar-refractivity contribution < 1.29 is 19.5 Å². The van der Waals surface area contributed by atoms with Gasteiger partial charge < -0.3 is 15.3 Å². The average molecular weight is 545 g/mol. The summed E-state index contributed by atoms with van der Waals surface area (Å²) in [6.45, 7) is 3.20. The molecule has 6 heteroatoms. The second-order valence-corrected chi connectivity index (χ2v) is 10.9. The molecule has 2 amide bonds. The molecule has 0 bridgehead atoms. The first kappa shape index (κ1) is 26.5. The Labute approximate surface area is 239 Å². The summed E-state index contributed by atoms with van der Waals surface area (Å²) in [5, 5.41) is 12.9. The van der Waals surface area contributed by atoms with E-state index in [4.69, 9.17) is 0 Å². The SMILES string of the molecule is Cc1c(C(=O)O)cccc1-c1ccc(CNC(=O)C2CC2c2ccccc2)c2c1CCN(C(=O)c1ccccc1)C2. The molecule has 0 saturated heterocycles. The molecule has 2 unspecified atom stereocenters. The lowest BCUT2D eigenvalue weighted by atomic mass is 9.85. The summed E-state index contributed by atoms with van der Waals surface area (Å²) in [6, 6.07) is 28.8. The molecular formula is C35H32N2O4. The fourth-order valence-corrected chi connectivity index (χ4v) is 6.12. The molecule has 1 aliphatic carbocycles. The van der Waals surface area contributed by atoms with E-state index in [1.807, 2.05) is 78.6 Å². The summed E-state index contributed by atoms with van der Waals surface area (Å²) < 4.78 is 0. The Bertz CT molecular complexity index is 1630. The zero-order chi connectivity index (χ0) is 28.5. The molecule has 1 heterocycles. The number of hydrogen-bond acceptors (Lipinski definition) is 3. The summed E-state index contributed by atoms with van der Waals surface area (Å²) >= 11 is 0. The van der Waals surface area contributed by atoms with Gasteiger partial charge in [0.2, 0.25) is 5.91 Å². The predicted octanol–water partition coefficient (Wildman–Crippen LogP) is 5.98. The Balaban J connectivity index is 1.30. The van der Waals surface area contributed by atoms with Gasteiger partial charge in [0.05, 0.1) is 5.56 Å². The van der Waals surface area contributed by atoms with Crippen LogP contribution in [0.1, 0.15) is 60.9 Å². The Hall–Kier alpha value is -4.71. The van der Waals surface area contributed by atoms with Crippen molar-refractivity contribution in [3.8, 4) is 11.1 Å². The second kappa shape index (κ2) is 11.0. The number of carbonyl (C=O) groups is 3. The lowest BCUT2D eigenvalue weighted by molar-refractivity contribution is -0.122. The highest BCUT2D eigenvalue weighted by molar-refractivity contribution is 5.95. The standard InChI is InChI=1S/C35H32N2O4/c1-22-26(13-8-14-27(22)35(40)41)28-16-15-25(20-36-33(38)31-19-30(31)23-9-4-2-5-10-23)32-21-37(18-17-29(28)32)34(39)24-11-6-3-7-12-24/h2-16,30-31H,17-21H2,1H3,(H,36,38)(H,40,41). The summed E-state index contributed by atoms with van der Waals surface area (Å²) in [5.41, 5.74) is 7.80. The number of fused-ring (bicyclic) bond motifs is 1. The molecule has 6 rings (SSSR count). The van der Waals surface area contributed by atoms with Gasteiger partial charge in [0.25, 0.3) is 5.91 Å². The number of nitrogens with one attached hydrogen (secondary N) is 1. The number of carbonyl (C=O) groups excluding carboxylic acids is 2. The van der Waals surface area contributed by atoms with Crippen molar-refractivity contribution in [3.05, 3.63) is 130 Å². The maximum absolute atomic E-state index is 13.4. The fourth-order valence-electron chi connectivity index (χ4n) is 6.12. The second-order valence-electron chi connectivity index (χ2n) is 10.9. The molecule has 0 spiro atoms. The summed E-state index contributed by atoms with van der Waals surface area (Å²) in [5.74, 6) is -0.689. The molecule has 2 N–H and O–H groups in total. The molecule has 2 atom stereocenters. The van der Waals surface area contributed by atoms with Crippen LogP contribution in [0.15, 0.2) is 91.0 Å². The van der Waals surface area contributed by atoms with Crippen LogP contribution < -0.4 is 5.32 Å². The molecule has 0 aromatic heterocycles. The van der Waals surface area contributed by atoms with E-state index in [-0.39, 0.29) is 29.2 Å². The first-order chi connectivity index (χ1) is 19.9. The summed E-state index contributed by atoms with van der Waals surface area (Å²) in [4.78, 5) is 40.2.